The van der Waals surface area contributed by atoms with Gasteiger partial charge in [-0.3, -0.25) is 0 Å². The summed E-state index contributed by atoms with van der Waals surface area (Å²) in [4.78, 5) is 16.8. The van der Waals surface area contributed by atoms with Gasteiger partial charge in [0.15, 0.2) is 0 Å². The maximum Gasteiger partial charge on any atom is 0.317 e. The van der Waals surface area contributed by atoms with Crippen molar-refractivity contribution in [3.05, 3.63) is 59.2 Å². The van der Waals surface area contributed by atoms with Crippen LogP contribution in [-0.2, 0) is 16.6 Å². The average molecular weight is 459 g/mol. The molecule has 8 heteroatoms. The van der Waals surface area contributed by atoms with Crippen LogP contribution in [0.1, 0.15) is 36.0 Å². The number of aryl methyl sites for hydroxylation is 2. The third kappa shape index (κ3) is 6.23. The van der Waals surface area contributed by atoms with Crippen LogP contribution in [0.5, 0.6) is 0 Å². The molecule has 1 aliphatic rings. The minimum Gasteiger partial charge on any atom is -0.371 e. The van der Waals surface area contributed by atoms with Gasteiger partial charge in [0.05, 0.1) is 4.90 Å². The topological polar surface area (TPSA) is 81.8 Å². The highest BCUT2D eigenvalue weighted by Gasteiger charge is 2.18. The summed E-state index contributed by atoms with van der Waals surface area (Å²) in [6.07, 6.45) is 3.67. The van der Waals surface area contributed by atoms with E-state index in [1.807, 2.05) is 25.1 Å². The van der Waals surface area contributed by atoms with E-state index in [9.17, 15) is 13.2 Å². The fourth-order valence-electron chi connectivity index (χ4n) is 3.98. The quantitative estimate of drug-likeness (QED) is 0.594. The number of para-hydroxylation sites is 1. The first-order valence-corrected chi connectivity index (χ1v) is 12.6. The first-order valence-electron chi connectivity index (χ1n) is 11.2. The summed E-state index contributed by atoms with van der Waals surface area (Å²) in [5.74, 6) is 0. The van der Waals surface area contributed by atoms with Crippen molar-refractivity contribution in [2.24, 2.45) is 0 Å². The molecular formula is C24H34N4O3S. The second-order valence-corrected chi connectivity index (χ2v) is 10.2. The van der Waals surface area contributed by atoms with Gasteiger partial charge in [0.2, 0.25) is 10.0 Å². The average Bonchev–Trinajstić information content (AvgIpc) is 2.79. The Morgan fingerprint density at radius 1 is 1.03 bits per heavy atom. The summed E-state index contributed by atoms with van der Waals surface area (Å²) >= 11 is 0. The standard InChI is InChI=1S/C24H34N4O3S/c1-19-11-12-20(2)23(17-19)32(30,31)26-14-13-25-24(29)27(3)18-21-9-5-6-10-22(21)28-15-7-4-8-16-28/h5-6,9-12,17,26H,4,7-8,13-16,18H2,1-3H3,(H,25,29). The van der Waals surface area contributed by atoms with Crippen LogP contribution in [0.3, 0.4) is 0 Å². The van der Waals surface area contributed by atoms with E-state index in [2.05, 4.69) is 27.1 Å². The first kappa shape index (κ1) is 24.1. The Hall–Kier alpha value is -2.58. The van der Waals surface area contributed by atoms with Crippen molar-refractivity contribution in [2.75, 3.05) is 38.1 Å². The van der Waals surface area contributed by atoms with Gasteiger partial charge in [-0.2, -0.15) is 0 Å². The van der Waals surface area contributed by atoms with Gasteiger partial charge in [0.1, 0.15) is 0 Å². The van der Waals surface area contributed by atoms with Crippen LogP contribution in [-0.4, -0.2) is 52.6 Å². The molecule has 2 aromatic rings. The highest BCUT2D eigenvalue weighted by atomic mass is 32.2. The van der Waals surface area contributed by atoms with Crippen LogP contribution >= 0.6 is 0 Å². The lowest BCUT2D eigenvalue weighted by Gasteiger charge is -2.31. The van der Waals surface area contributed by atoms with Gasteiger partial charge in [-0.1, -0.05) is 30.3 Å². The number of urea groups is 1. The lowest BCUT2D eigenvalue weighted by Crippen LogP contribution is -2.41. The molecule has 0 radical (unpaired) electrons. The third-order valence-electron chi connectivity index (χ3n) is 5.77. The molecule has 2 aromatic carbocycles. The Bertz CT molecular complexity index is 1030. The number of carbonyl (C=O) groups is 1. The minimum absolute atomic E-state index is 0.125. The second-order valence-electron chi connectivity index (χ2n) is 8.43. The van der Waals surface area contributed by atoms with Crippen molar-refractivity contribution < 1.29 is 13.2 Å². The van der Waals surface area contributed by atoms with Gasteiger partial charge in [-0.05, 0) is 61.9 Å². The molecule has 0 aromatic heterocycles. The van der Waals surface area contributed by atoms with E-state index in [4.69, 9.17) is 0 Å². The number of benzene rings is 2. The molecule has 7 nitrogen and oxygen atoms in total. The van der Waals surface area contributed by atoms with Crippen LogP contribution in [0.4, 0.5) is 10.5 Å². The van der Waals surface area contributed by atoms with E-state index < -0.39 is 10.0 Å². The van der Waals surface area contributed by atoms with Gasteiger partial charge in [-0.25, -0.2) is 17.9 Å². The van der Waals surface area contributed by atoms with E-state index >= 15 is 0 Å². The number of nitrogens with zero attached hydrogens (tertiary/aromatic N) is 2. The van der Waals surface area contributed by atoms with Gasteiger partial charge in [0, 0.05) is 45.5 Å². The molecule has 1 heterocycles. The van der Waals surface area contributed by atoms with Gasteiger partial charge in [0.25, 0.3) is 0 Å². The second kappa shape index (κ2) is 10.8. The molecule has 0 aliphatic carbocycles. The monoisotopic (exact) mass is 458 g/mol. The zero-order chi connectivity index (χ0) is 23.1. The number of hydrogen-bond donors (Lipinski definition) is 2. The van der Waals surface area contributed by atoms with E-state index in [-0.39, 0.29) is 24.0 Å². The summed E-state index contributed by atoms with van der Waals surface area (Å²) < 4.78 is 27.7. The summed E-state index contributed by atoms with van der Waals surface area (Å²) in [7, 11) is -1.87. The Morgan fingerprint density at radius 2 is 1.75 bits per heavy atom. The summed E-state index contributed by atoms with van der Waals surface area (Å²) in [5, 5.41) is 2.80. The maximum atomic E-state index is 12.6. The molecule has 1 fully saturated rings. The molecule has 0 bridgehead atoms. The highest BCUT2D eigenvalue weighted by Crippen LogP contribution is 2.25. The normalized spacial score (nSPS) is 14.3. The molecular weight excluding hydrogens is 424 g/mol. The molecule has 3 rings (SSSR count). The van der Waals surface area contributed by atoms with Crippen molar-refractivity contribution in [1.82, 2.24) is 14.9 Å². The number of amides is 2. The van der Waals surface area contributed by atoms with Crippen LogP contribution in [0, 0.1) is 13.8 Å². The van der Waals surface area contributed by atoms with Gasteiger partial charge >= 0.3 is 6.03 Å². The number of rotatable bonds is 8. The zero-order valence-electron chi connectivity index (χ0n) is 19.2. The molecule has 2 N–H and O–H groups in total. The molecule has 0 unspecified atom stereocenters. The Kier molecular flexibility index (Phi) is 8.15. The van der Waals surface area contributed by atoms with Crippen molar-refractivity contribution in [1.29, 1.82) is 0 Å². The SMILES string of the molecule is Cc1ccc(C)c(S(=O)(=O)NCCNC(=O)N(C)Cc2ccccc2N2CCCCC2)c1. The molecule has 1 saturated heterocycles. The Balaban J connectivity index is 1.51. The number of piperidine rings is 1. The number of carbonyl (C=O) groups excluding carboxylic acids is 1. The smallest absolute Gasteiger partial charge is 0.317 e. The number of nitrogens with one attached hydrogen (secondary N) is 2. The first-order chi connectivity index (χ1) is 15.3. The lowest BCUT2D eigenvalue weighted by molar-refractivity contribution is 0.207. The van der Waals surface area contributed by atoms with Crippen molar-refractivity contribution in [3.63, 3.8) is 0 Å². The molecule has 32 heavy (non-hydrogen) atoms. The third-order valence-corrected chi connectivity index (χ3v) is 7.37. The largest absolute Gasteiger partial charge is 0.371 e. The van der Waals surface area contributed by atoms with E-state index in [1.54, 1.807) is 31.0 Å². The molecule has 1 aliphatic heterocycles. The molecule has 0 atom stereocenters. The minimum atomic E-state index is -3.62. The van der Waals surface area contributed by atoms with Crippen molar-refractivity contribution in [3.8, 4) is 0 Å². The van der Waals surface area contributed by atoms with E-state index in [0.29, 0.717) is 12.1 Å². The zero-order valence-corrected chi connectivity index (χ0v) is 20.0. The molecule has 174 valence electrons. The number of anilines is 1. The molecule has 0 spiro atoms. The summed E-state index contributed by atoms with van der Waals surface area (Å²) in [6.45, 7) is 6.55. The fraction of sp³-hybridized carbons (Fsp3) is 0.458. The van der Waals surface area contributed by atoms with E-state index in [0.717, 1.165) is 24.2 Å². The predicted molar refractivity (Wildman–Crippen MR) is 128 cm³/mol. The van der Waals surface area contributed by atoms with Crippen LogP contribution in [0.15, 0.2) is 47.4 Å². The van der Waals surface area contributed by atoms with Gasteiger partial charge < -0.3 is 15.1 Å². The highest BCUT2D eigenvalue weighted by molar-refractivity contribution is 7.89. The van der Waals surface area contributed by atoms with Gasteiger partial charge in [-0.15, -0.1) is 0 Å². The van der Waals surface area contributed by atoms with E-state index in [1.165, 1.54) is 24.9 Å². The fourth-order valence-corrected chi connectivity index (χ4v) is 5.34. The van der Waals surface area contributed by atoms with Crippen LogP contribution < -0.4 is 14.9 Å². The van der Waals surface area contributed by atoms with Crippen molar-refractivity contribution in [2.45, 2.75) is 44.6 Å². The van der Waals surface area contributed by atoms with Crippen LogP contribution in [0.2, 0.25) is 0 Å². The number of hydrogen-bond acceptors (Lipinski definition) is 4. The Labute approximate surface area is 191 Å². The predicted octanol–water partition coefficient (Wildman–Crippen LogP) is 3.41. The lowest BCUT2D eigenvalue weighted by atomic mass is 10.1. The summed E-state index contributed by atoms with van der Waals surface area (Å²) in [5.41, 5.74) is 3.88. The maximum absolute atomic E-state index is 12.6. The summed E-state index contributed by atoms with van der Waals surface area (Å²) in [6, 6.07) is 13.3. The van der Waals surface area contributed by atoms with Crippen molar-refractivity contribution >= 4 is 21.7 Å². The Morgan fingerprint density at radius 3 is 2.50 bits per heavy atom. The molecule has 2 amide bonds. The molecule has 0 saturated carbocycles. The number of sulfonamides is 1. The van der Waals surface area contributed by atoms with Crippen LogP contribution in [0.25, 0.3) is 0 Å².